The Bertz CT molecular complexity index is 650. The van der Waals surface area contributed by atoms with Crippen LogP contribution in [0.5, 0.6) is 0 Å². The zero-order valence-corrected chi connectivity index (χ0v) is 13.3. The number of methoxy groups -OCH3 is 1. The van der Waals surface area contributed by atoms with Crippen LogP contribution in [0.25, 0.3) is 0 Å². The molecule has 1 aromatic heterocycles. The molecule has 0 aliphatic rings. The summed E-state index contributed by atoms with van der Waals surface area (Å²) in [6.45, 7) is 1.92. The van der Waals surface area contributed by atoms with Crippen LogP contribution in [0.15, 0.2) is 30.3 Å². The van der Waals surface area contributed by atoms with Crippen molar-refractivity contribution in [3.8, 4) is 0 Å². The number of benzene rings is 1. The minimum absolute atomic E-state index is 0.183. The van der Waals surface area contributed by atoms with Gasteiger partial charge in [0.15, 0.2) is 0 Å². The molecule has 0 aliphatic carbocycles. The van der Waals surface area contributed by atoms with Crippen molar-refractivity contribution in [1.82, 2.24) is 0 Å². The van der Waals surface area contributed by atoms with E-state index in [0.717, 1.165) is 15.4 Å². The van der Waals surface area contributed by atoms with Gasteiger partial charge in [0.1, 0.15) is 0 Å². The van der Waals surface area contributed by atoms with Crippen LogP contribution in [-0.4, -0.2) is 18.1 Å². The first-order valence-corrected chi connectivity index (χ1v) is 7.37. The Morgan fingerprint density at radius 2 is 2.00 bits per heavy atom. The van der Waals surface area contributed by atoms with E-state index in [0.29, 0.717) is 15.6 Å². The number of aryl methyl sites for hydroxylation is 1. The van der Waals surface area contributed by atoms with E-state index in [-0.39, 0.29) is 5.91 Å². The number of carbonyl (C=O) groups excluding carboxylic acids is 1. The Balaban J connectivity index is 2.17. The summed E-state index contributed by atoms with van der Waals surface area (Å²) in [6.07, 6.45) is 0. The number of carbonyl (C=O) groups is 1. The highest BCUT2D eigenvalue weighted by Crippen LogP contribution is 2.27. The maximum atomic E-state index is 12.1. The molecule has 1 N–H and O–H groups in total. The number of thiocarbonyl (C=S) groups is 1. The summed E-state index contributed by atoms with van der Waals surface area (Å²) in [5, 5.41) is 3.88. The third-order valence-corrected chi connectivity index (χ3v) is 4.48. The van der Waals surface area contributed by atoms with Crippen molar-refractivity contribution in [1.29, 1.82) is 0 Å². The third kappa shape index (κ3) is 3.36. The fraction of sp³-hybridized carbons (Fsp3) is 0.143. The van der Waals surface area contributed by atoms with Crippen molar-refractivity contribution in [3.05, 3.63) is 50.7 Å². The van der Waals surface area contributed by atoms with Crippen molar-refractivity contribution < 1.29 is 9.53 Å². The van der Waals surface area contributed by atoms with E-state index in [1.54, 1.807) is 24.3 Å². The lowest BCUT2D eigenvalue weighted by Crippen LogP contribution is -2.11. The van der Waals surface area contributed by atoms with E-state index in [4.69, 9.17) is 28.6 Å². The van der Waals surface area contributed by atoms with Crippen LogP contribution in [0.3, 0.4) is 0 Å². The predicted octanol–water partition coefficient (Wildman–Crippen LogP) is 4.28. The molecule has 1 amide bonds. The Hall–Kier alpha value is -1.43. The summed E-state index contributed by atoms with van der Waals surface area (Å²) < 4.78 is 5.02. The minimum atomic E-state index is -0.183. The second-order valence-electron chi connectivity index (χ2n) is 4.03. The molecule has 104 valence electrons. The van der Waals surface area contributed by atoms with E-state index in [2.05, 4.69) is 5.32 Å². The molecule has 0 saturated heterocycles. The number of halogens is 1. The van der Waals surface area contributed by atoms with Gasteiger partial charge >= 0.3 is 0 Å². The van der Waals surface area contributed by atoms with Crippen LogP contribution in [0.2, 0.25) is 5.02 Å². The molecular formula is C14H12ClNO2S2. The lowest BCUT2D eigenvalue weighted by molar-refractivity contribution is 0.102. The summed E-state index contributed by atoms with van der Waals surface area (Å²) >= 11 is 12.4. The van der Waals surface area contributed by atoms with E-state index in [1.807, 2.05) is 13.0 Å². The minimum Gasteiger partial charge on any atom is -0.486 e. The van der Waals surface area contributed by atoms with Gasteiger partial charge in [-0.3, -0.25) is 4.79 Å². The molecule has 0 atom stereocenters. The monoisotopic (exact) mass is 325 g/mol. The Morgan fingerprint density at radius 3 is 2.60 bits per heavy atom. The van der Waals surface area contributed by atoms with Gasteiger partial charge in [0.25, 0.3) is 5.91 Å². The number of amides is 1. The van der Waals surface area contributed by atoms with E-state index >= 15 is 0 Å². The van der Waals surface area contributed by atoms with Gasteiger partial charge in [-0.25, -0.2) is 0 Å². The summed E-state index contributed by atoms with van der Waals surface area (Å²) in [5.41, 5.74) is 1.29. The standard InChI is InChI=1S/C14H12ClNO2S2/c1-8-11(7-12(20-8)14(19)18-2)16-13(17)9-3-5-10(15)6-4-9/h3-7H,1-2H3,(H,16,17). The van der Waals surface area contributed by atoms with Gasteiger partial charge in [0, 0.05) is 15.5 Å². The summed E-state index contributed by atoms with van der Waals surface area (Å²) in [7, 11) is 1.53. The van der Waals surface area contributed by atoms with E-state index < -0.39 is 0 Å². The van der Waals surface area contributed by atoms with E-state index in [9.17, 15) is 4.79 Å². The first kappa shape index (κ1) is 15.0. The lowest BCUT2D eigenvalue weighted by Gasteiger charge is -2.04. The smallest absolute Gasteiger partial charge is 0.255 e. The van der Waals surface area contributed by atoms with Gasteiger partial charge in [-0.05, 0) is 49.5 Å². The Morgan fingerprint density at radius 1 is 1.35 bits per heavy atom. The van der Waals surface area contributed by atoms with Gasteiger partial charge in [0.05, 0.1) is 17.7 Å². The molecule has 0 fully saturated rings. The first-order chi connectivity index (χ1) is 9.51. The molecule has 0 unspecified atom stereocenters. The number of rotatable bonds is 3. The molecule has 0 saturated carbocycles. The molecule has 0 radical (unpaired) electrons. The number of hydrogen-bond donors (Lipinski definition) is 1. The number of hydrogen-bond acceptors (Lipinski definition) is 4. The van der Waals surface area contributed by atoms with Crippen LogP contribution in [0.4, 0.5) is 5.69 Å². The van der Waals surface area contributed by atoms with Crippen molar-refractivity contribution in [3.63, 3.8) is 0 Å². The summed E-state index contributed by atoms with van der Waals surface area (Å²) in [5.74, 6) is -0.183. The van der Waals surface area contributed by atoms with Gasteiger partial charge in [0.2, 0.25) is 5.05 Å². The number of anilines is 1. The topological polar surface area (TPSA) is 38.3 Å². The van der Waals surface area contributed by atoms with Crippen LogP contribution >= 0.6 is 35.2 Å². The molecule has 0 aliphatic heterocycles. The Kier molecular flexibility index (Phi) is 4.75. The highest BCUT2D eigenvalue weighted by molar-refractivity contribution is 7.80. The second kappa shape index (κ2) is 6.35. The summed E-state index contributed by atoms with van der Waals surface area (Å²) in [4.78, 5) is 13.9. The number of nitrogens with one attached hydrogen (secondary N) is 1. The quantitative estimate of drug-likeness (QED) is 0.856. The van der Waals surface area contributed by atoms with Gasteiger partial charge < -0.3 is 10.1 Å². The largest absolute Gasteiger partial charge is 0.486 e. The van der Waals surface area contributed by atoms with Crippen LogP contribution in [0.1, 0.15) is 20.1 Å². The normalized spacial score (nSPS) is 10.2. The maximum Gasteiger partial charge on any atom is 0.255 e. The molecule has 0 spiro atoms. The average Bonchev–Trinajstić information content (AvgIpc) is 2.80. The SMILES string of the molecule is COC(=S)c1cc(NC(=O)c2ccc(Cl)cc2)c(C)s1. The molecule has 2 rings (SSSR count). The Labute approximate surface area is 131 Å². The van der Waals surface area contributed by atoms with Gasteiger partial charge in [-0.15, -0.1) is 11.3 Å². The predicted molar refractivity (Wildman–Crippen MR) is 87.2 cm³/mol. The average molecular weight is 326 g/mol. The molecule has 0 bridgehead atoms. The van der Waals surface area contributed by atoms with E-state index in [1.165, 1.54) is 18.4 Å². The number of ether oxygens (including phenoxy) is 1. The lowest BCUT2D eigenvalue weighted by atomic mass is 10.2. The van der Waals surface area contributed by atoms with Crippen LogP contribution in [0, 0.1) is 6.92 Å². The molecule has 2 aromatic rings. The molecule has 1 aromatic carbocycles. The third-order valence-electron chi connectivity index (χ3n) is 2.66. The molecule has 3 nitrogen and oxygen atoms in total. The highest BCUT2D eigenvalue weighted by atomic mass is 35.5. The fourth-order valence-electron chi connectivity index (χ4n) is 1.60. The van der Waals surface area contributed by atoms with Crippen molar-refractivity contribution in [2.24, 2.45) is 0 Å². The zero-order chi connectivity index (χ0) is 14.7. The first-order valence-electron chi connectivity index (χ1n) is 5.77. The van der Waals surface area contributed by atoms with Crippen LogP contribution in [-0.2, 0) is 4.74 Å². The van der Waals surface area contributed by atoms with Crippen molar-refractivity contribution in [2.45, 2.75) is 6.92 Å². The summed E-state index contributed by atoms with van der Waals surface area (Å²) in [6, 6.07) is 8.55. The van der Waals surface area contributed by atoms with Crippen molar-refractivity contribution >= 4 is 51.8 Å². The molecular weight excluding hydrogens is 314 g/mol. The number of thiophene rings is 1. The highest BCUT2D eigenvalue weighted by Gasteiger charge is 2.13. The molecule has 20 heavy (non-hydrogen) atoms. The van der Waals surface area contributed by atoms with Crippen LogP contribution < -0.4 is 5.32 Å². The molecule has 1 heterocycles. The van der Waals surface area contributed by atoms with Gasteiger partial charge in [-0.1, -0.05) is 11.6 Å². The van der Waals surface area contributed by atoms with Crippen molar-refractivity contribution in [2.75, 3.05) is 12.4 Å². The maximum absolute atomic E-state index is 12.1. The molecule has 6 heteroatoms. The zero-order valence-electron chi connectivity index (χ0n) is 10.9. The van der Waals surface area contributed by atoms with Gasteiger partial charge in [-0.2, -0.15) is 0 Å². The second-order valence-corrected chi connectivity index (χ2v) is 6.10. The fourth-order valence-corrected chi connectivity index (χ4v) is 2.81.